The second-order valence-electron chi connectivity index (χ2n) is 8.40. The molecule has 7 heteroatoms. The van der Waals surface area contributed by atoms with Gasteiger partial charge < -0.3 is 5.73 Å². The molecule has 2 saturated carbocycles. The largest absolute Gasteiger partial charge is 0.327 e. The lowest BCUT2D eigenvalue weighted by molar-refractivity contribution is 0.137. The molecule has 5 rings (SSSR count). The van der Waals surface area contributed by atoms with E-state index in [9.17, 15) is 13.2 Å². The molecular weight excluding hydrogens is 365 g/mol. The van der Waals surface area contributed by atoms with E-state index in [4.69, 9.17) is 10.7 Å². The first-order valence-corrected chi connectivity index (χ1v) is 9.98. The van der Waals surface area contributed by atoms with Crippen molar-refractivity contribution in [2.75, 3.05) is 0 Å². The number of aromatic nitrogens is 2. The van der Waals surface area contributed by atoms with Crippen LogP contribution >= 0.6 is 0 Å². The van der Waals surface area contributed by atoms with E-state index in [-0.39, 0.29) is 23.6 Å². The molecule has 2 aromatic rings. The van der Waals surface area contributed by atoms with Crippen molar-refractivity contribution in [2.45, 2.75) is 69.1 Å². The monoisotopic (exact) mass is 388 g/mol. The molecule has 0 radical (unpaired) electrons. The predicted octanol–water partition coefficient (Wildman–Crippen LogP) is 3.75. The summed E-state index contributed by atoms with van der Waals surface area (Å²) < 4.78 is 41.0. The maximum Gasteiger partial charge on any atom is 0.161 e. The van der Waals surface area contributed by atoms with Gasteiger partial charge in [0.2, 0.25) is 0 Å². The minimum Gasteiger partial charge on any atom is -0.327 e. The molecule has 0 saturated heterocycles. The summed E-state index contributed by atoms with van der Waals surface area (Å²) in [5, 5.41) is 0. The number of nitrogens with zero attached hydrogens (tertiary/aromatic N) is 3. The second-order valence-corrected chi connectivity index (χ2v) is 8.40. The van der Waals surface area contributed by atoms with Crippen LogP contribution < -0.4 is 5.73 Å². The van der Waals surface area contributed by atoms with E-state index in [1.54, 1.807) is 0 Å². The standard InChI is InChI=1S/C21H23F3N4/c22-16-7-18(24)17(23)6-15(16)14-4-3-13(5-19(14)25)28-9-12-8-26-21(11-1-2-11)27-20(12)10-28/h6-8,11,13-14,19H,1-5,9-10,25H2/t13-,14?,19-/m0/s1. The van der Waals surface area contributed by atoms with Gasteiger partial charge in [-0.1, -0.05) is 0 Å². The van der Waals surface area contributed by atoms with E-state index in [1.807, 2.05) is 6.20 Å². The van der Waals surface area contributed by atoms with Gasteiger partial charge in [0.25, 0.3) is 0 Å². The molecule has 2 fully saturated rings. The molecule has 2 heterocycles. The van der Waals surface area contributed by atoms with Crippen LogP contribution in [0.2, 0.25) is 0 Å². The third-order valence-electron chi connectivity index (χ3n) is 6.47. The van der Waals surface area contributed by atoms with Crippen molar-refractivity contribution in [3.63, 3.8) is 0 Å². The van der Waals surface area contributed by atoms with Gasteiger partial charge in [-0.15, -0.1) is 0 Å². The predicted molar refractivity (Wildman–Crippen MR) is 97.9 cm³/mol. The van der Waals surface area contributed by atoms with Crippen LogP contribution in [0.25, 0.3) is 0 Å². The number of rotatable bonds is 3. The Balaban J connectivity index is 1.28. The van der Waals surface area contributed by atoms with Gasteiger partial charge in [0.05, 0.1) is 5.69 Å². The summed E-state index contributed by atoms with van der Waals surface area (Å²) in [6.45, 7) is 1.60. The van der Waals surface area contributed by atoms with Gasteiger partial charge in [0, 0.05) is 54.8 Å². The molecule has 1 aromatic heterocycles. The highest BCUT2D eigenvalue weighted by molar-refractivity contribution is 5.27. The van der Waals surface area contributed by atoms with Crippen LogP contribution in [-0.4, -0.2) is 27.0 Å². The van der Waals surface area contributed by atoms with E-state index in [0.717, 1.165) is 37.1 Å². The smallest absolute Gasteiger partial charge is 0.161 e. The summed E-state index contributed by atoms with van der Waals surface area (Å²) in [6.07, 6.45) is 6.51. The Labute approximate surface area is 162 Å². The first kappa shape index (κ1) is 18.1. The van der Waals surface area contributed by atoms with E-state index in [0.29, 0.717) is 24.8 Å². The Kier molecular flexibility index (Phi) is 4.39. The Morgan fingerprint density at radius 3 is 2.50 bits per heavy atom. The quantitative estimate of drug-likeness (QED) is 0.814. The van der Waals surface area contributed by atoms with Gasteiger partial charge in [-0.25, -0.2) is 23.1 Å². The number of nitrogens with two attached hydrogens (primary N) is 1. The minimum atomic E-state index is -1.16. The fourth-order valence-corrected chi connectivity index (χ4v) is 4.71. The zero-order valence-electron chi connectivity index (χ0n) is 15.5. The summed E-state index contributed by atoms with van der Waals surface area (Å²) in [6, 6.07) is 1.57. The summed E-state index contributed by atoms with van der Waals surface area (Å²) in [7, 11) is 0. The van der Waals surface area contributed by atoms with Crippen molar-refractivity contribution >= 4 is 0 Å². The Morgan fingerprint density at radius 1 is 0.964 bits per heavy atom. The summed E-state index contributed by atoms with van der Waals surface area (Å²) in [5.74, 6) is -1.69. The highest BCUT2D eigenvalue weighted by Crippen LogP contribution is 2.40. The summed E-state index contributed by atoms with van der Waals surface area (Å²) in [4.78, 5) is 11.6. The number of hydrogen-bond donors (Lipinski definition) is 1. The van der Waals surface area contributed by atoms with Crippen molar-refractivity contribution in [3.8, 4) is 0 Å². The lowest BCUT2D eigenvalue weighted by Gasteiger charge is -2.38. The summed E-state index contributed by atoms with van der Waals surface area (Å²) in [5.41, 5.74) is 8.84. The van der Waals surface area contributed by atoms with Crippen LogP contribution in [0, 0.1) is 17.5 Å². The highest BCUT2D eigenvalue weighted by atomic mass is 19.2. The maximum atomic E-state index is 14.2. The van der Waals surface area contributed by atoms with Crippen LogP contribution in [-0.2, 0) is 13.1 Å². The fraction of sp³-hybridized carbons (Fsp3) is 0.524. The van der Waals surface area contributed by atoms with Crippen LogP contribution in [0.4, 0.5) is 13.2 Å². The van der Waals surface area contributed by atoms with Gasteiger partial charge in [-0.05, 0) is 43.7 Å². The van der Waals surface area contributed by atoms with E-state index < -0.39 is 17.5 Å². The second kappa shape index (κ2) is 6.81. The number of halogens is 3. The molecule has 3 aliphatic rings. The van der Waals surface area contributed by atoms with E-state index in [1.165, 1.54) is 18.4 Å². The van der Waals surface area contributed by atoms with Crippen molar-refractivity contribution in [3.05, 3.63) is 58.4 Å². The molecule has 2 aliphatic carbocycles. The van der Waals surface area contributed by atoms with Crippen LogP contribution in [0.15, 0.2) is 18.3 Å². The molecule has 148 valence electrons. The minimum absolute atomic E-state index is 0.189. The van der Waals surface area contributed by atoms with Gasteiger partial charge in [0.15, 0.2) is 11.6 Å². The highest BCUT2D eigenvalue weighted by Gasteiger charge is 2.37. The van der Waals surface area contributed by atoms with Crippen LogP contribution in [0.5, 0.6) is 0 Å². The SMILES string of the molecule is N[C@H]1C[C@@H](N2Cc3cnc(C4CC4)nc3C2)CCC1c1cc(F)c(F)cc1F. The zero-order valence-corrected chi connectivity index (χ0v) is 15.5. The van der Waals surface area contributed by atoms with Gasteiger partial charge in [-0.2, -0.15) is 0 Å². The lowest BCUT2D eigenvalue weighted by Crippen LogP contribution is -2.44. The molecular formula is C21H23F3N4. The number of benzene rings is 1. The Morgan fingerprint density at radius 2 is 1.75 bits per heavy atom. The Bertz CT molecular complexity index is 915. The first-order chi connectivity index (χ1) is 13.5. The molecule has 4 nitrogen and oxygen atoms in total. The lowest BCUT2D eigenvalue weighted by atomic mass is 9.77. The van der Waals surface area contributed by atoms with Crippen LogP contribution in [0.3, 0.4) is 0 Å². The third-order valence-corrected chi connectivity index (χ3v) is 6.47. The molecule has 28 heavy (non-hydrogen) atoms. The topological polar surface area (TPSA) is 55.0 Å². The molecule has 0 amide bonds. The molecule has 3 atom stereocenters. The average molecular weight is 388 g/mol. The maximum absolute atomic E-state index is 14.2. The van der Waals surface area contributed by atoms with Crippen molar-refractivity contribution in [2.24, 2.45) is 5.73 Å². The van der Waals surface area contributed by atoms with Crippen molar-refractivity contribution in [1.29, 1.82) is 0 Å². The third kappa shape index (κ3) is 3.20. The van der Waals surface area contributed by atoms with E-state index in [2.05, 4.69) is 9.88 Å². The van der Waals surface area contributed by atoms with Gasteiger partial charge in [0.1, 0.15) is 11.6 Å². The van der Waals surface area contributed by atoms with Crippen molar-refractivity contribution < 1.29 is 13.2 Å². The Hall–Kier alpha value is -1.99. The molecule has 1 unspecified atom stereocenters. The van der Waals surface area contributed by atoms with Gasteiger partial charge >= 0.3 is 0 Å². The van der Waals surface area contributed by atoms with Crippen molar-refractivity contribution in [1.82, 2.24) is 14.9 Å². The van der Waals surface area contributed by atoms with Crippen LogP contribution in [0.1, 0.15) is 66.6 Å². The zero-order chi connectivity index (χ0) is 19.4. The molecule has 0 spiro atoms. The molecule has 1 aliphatic heterocycles. The molecule has 2 N–H and O–H groups in total. The van der Waals surface area contributed by atoms with Gasteiger partial charge in [-0.3, -0.25) is 4.90 Å². The normalized spacial score (nSPS) is 27.8. The fourth-order valence-electron chi connectivity index (χ4n) is 4.71. The summed E-state index contributed by atoms with van der Waals surface area (Å²) >= 11 is 0. The number of hydrogen-bond acceptors (Lipinski definition) is 4. The number of fused-ring (bicyclic) bond motifs is 1. The molecule has 1 aromatic carbocycles. The first-order valence-electron chi connectivity index (χ1n) is 9.98. The average Bonchev–Trinajstić information content (AvgIpc) is 3.43. The molecule has 0 bridgehead atoms. The van der Waals surface area contributed by atoms with E-state index >= 15 is 0 Å².